The summed E-state index contributed by atoms with van der Waals surface area (Å²) in [6, 6.07) is 11.0. The Morgan fingerprint density at radius 3 is 2.55 bits per heavy atom. The molecule has 2 rings (SSSR count). The van der Waals surface area contributed by atoms with Crippen LogP contribution in [0.15, 0.2) is 46.9 Å². The summed E-state index contributed by atoms with van der Waals surface area (Å²) < 4.78 is 13.8. The van der Waals surface area contributed by atoms with E-state index in [9.17, 15) is 9.18 Å². The van der Waals surface area contributed by atoms with E-state index in [0.29, 0.717) is 9.50 Å². The first-order chi connectivity index (χ1) is 9.47. The molecular weight excluding hydrogens is 345 g/mol. The first-order valence-electron chi connectivity index (χ1n) is 5.99. The summed E-state index contributed by atoms with van der Waals surface area (Å²) in [5, 5.41) is 3.46. The number of nitrogens with one attached hydrogen (secondary N) is 1. The lowest BCUT2D eigenvalue weighted by Crippen LogP contribution is -2.27. The van der Waals surface area contributed by atoms with E-state index in [2.05, 4.69) is 21.2 Å². The second kappa shape index (κ2) is 6.37. The number of rotatable bonds is 3. The van der Waals surface area contributed by atoms with Crippen LogP contribution in [0.3, 0.4) is 0 Å². The van der Waals surface area contributed by atoms with Crippen LogP contribution in [0.5, 0.6) is 0 Å². The van der Waals surface area contributed by atoms with Gasteiger partial charge < -0.3 is 5.32 Å². The molecule has 2 aromatic carbocycles. The molecule has 0 aliphatic carbocycles. The molecule has 0 aromatic heterocycles. The lowest BCUT2D eigenvalue weighted by atomic mass is 10.1. The first kappa shape index (κ1) is 15.0. The molecule has 2 nitrogen and oxygen atoms in total. The van der Waals surface area contributed by atoms with Gasteiger partial charge in [0.2, 0.25) is 0 Å². The van der Waals surface area contributed by atoms with Crippen LogP contribution in [0.4, 0.5) is 4.39 Å². The number of hydrogen-bond donors (Lipinski definition) is 1. The molecule has 20 heavy (non-hydrogen) atoms. The monoisotopic (exact) mass is 355 g/mol. The van der Waals surface area contributed by atoms with Crippen molar-refractivity contribution < 1.29 is 9.18 Å². The number of amides is 1. The van der Waals surface area contributed by atoms with Crippen LogP contribution in [-0.4, -0.2) is 5.91 Å². The van der Waals surface area contributed by atoms with Gasteiger partial charge >= 0.3 is 0 Å². The Bertz CT molecular complexity index is 630. The normalized spacial score (nSPS) is 12.0. The predicted molar refractivity (Wildman–Crippen MR) is 81.4 cm³/mol. The lowest BCUT2D eigenvalue weighted by Gasteiger charge is -2.15. The Morgan fingerprint density at radius 2 is 1.90 bits per heavy atom. The van der Waals surface area contributed by atoms with E-state index in [4.69, 9.17) is 11.6 Å². The number of halogens is 3. The molecule has 0 aliphatic heterocycles. The van der Waals surface area contributed by atoms with Gasteiger partial charge in [-0.2, -0.15) is 0 Å². The lowest BCUT2D eigenvalue weighted by molar-refractivity contribution is 0.0938. The Hall–Kier alpha value is -1.39. The summed E-state index contributed by atoms with van der Waals surface area (Å²) >= 11 is 9.06. The Labute approximate surface area is 130 Å². The Morgan fingerprint density at radius 1 is 1.25 bits per heavy atom. The summed E-state index contributed by atoms with van der Waals surface area (Å²) in [5.74, 6) is -0.781. The van der Waals surface area contributed by atoms with Gasteiger partial charge in [0.15, 0.2) is 0 Å². The summed E-state index contributed by atoms with van der Waals surface area (Å²) in [4.78, 5) is 12.1. The van der Waals surface area contributed by atoms with Crippen molar-refractivity contribution in [2.75, 3.05) is 0 Å². The predicted octanol–water partition coefficient (Wildman–Crippen LogP) is 4.73. The maximum absolute atomic E-state index is 13.2. The number of carbonyl (C=O) groups is 1. The molecule has 1 N–H and O–H groups in total. The topological polar surface area (TPSA) is 29.1 Å². The van der Waals surface area contributed by atoms with Crippen molar-refractivity contribution in [3.63, 3.8) is 0 Å². The summed E-state index contributed by atoms with van der Waals surface area (Å²) in [7, 11) is 0. The fourth-order valence-electron chi connectivity index (χ4n) is 1.78. The number of carbonyl (C=O) groups excluding carboxylic acids is 1. The second-order valence-electron chi connectivity index (χ2n) is 4.37. The highest BCUT2D eigenvalue weighted by atomic mass is 79.9. The highest BCUT2D eigenvalue weighted by Gasteiger charge is 2.14. The van der Waals surface area contributed by atoms with Crippen molar-refractivity contribution in [1.82, 2.24) is 5.32 Å². The third-order valence-corrected chi connectivity index (χ3v) is 3.83. The van der Waals surface area contributed by atoms with Crippen LogP contribution in [0.25, 0.3) is 0 Å². The molecule has 5 heteroatoms. The van der Waals surface area contributed by atoms with Crippen LogP contribution in [0, 0.1) is 5.82 Å². The van der Waals surface area contributed by atoms with Crippen molar-refractivity contribution in [1.29, 1.82) is 0 Å². The maximum atomic E-state index is 13.2. The fraction of sp³-hybridized carbons (Fsp3) is 0.133. The molecule has 1 amide bonds. The minimum atomic E-state index is -0.447. The highest BCUT2D eigenvalue weighted by molar-refractivity contribution is 9.10. The van der Waals surface area contributed by atoms with Crippen LogP contribution in [-0.2, 0) is 0 Å². The summed E-state index contributed by atoms with van der Waals surface area (Å²) in [5.41, 5.74) is 1.20. The van der Waals surface area contributed by atoms with E-state index in [1.54, 1.807) is 12.1 Å². The third kappa shape index (κ3) is 3.58. The van der Waals surface area contributed by atoms with E-state index < -0.39 is 5.82 Å². The quantitative estimate of drug-likeness (QED) is 0.846. The molecule has 0 bridgehead atoms. The second-order valence-corrected chi connectivity index (χ2v) is 5.66. The number of benzene rings is 2. The molecule has 0 unspecified atom stereocenters. The third-order valence-electron chi connectivity index (χ3n) is 2.89. The van der Waals surface area contributed by atoms with Crippen LogP contribution >= 0.6 is 27.5 Å². The van der Waals surface area contributed by atoms with Gasteiger partial charge in [-0.1, -0.05) is 23.7 Å². The summed E-state index contributed by atoms with van der Waals surface area (Å²) in [6.07, 6.45) is 0. The molecule has 0 radical (unpaired) electrons. The van der Waals surface area contributed by atoms with E-state index in [1.165, 1.54) is 18.2 Å². The SMILES string of the molecule is C[C@@H](NC(=O)c1cc(F)ccc1Br)c1ccc(Cl)cc1. The highest BCUT2D eigenvalue weighted by Crippen LogP contribution is 2.20. The van der Waals surface area contributed by atoms with Gasteiger partial charge in [0.05, 0.1) is 11.6 Å². The zero-order valence-electron chi connectivity index (χ0n) is 10.7. The van der Waals surface area contributed by atoms with Crippen molar-refractivity contribution in [3.8, 4) is 0 Å². The van der Waals surface area contributed by atoms with Gasteiger partial charge in [0.25, 0.3) is 5.91 Å². The molecule has 1 atom stereocenters. The van der Waals surface area contributed by atoms with Crippen LogP contribution in [0.2, 0.25) is 5.02 Å². The summed E-state index contributed by atoms with van der Waals surface area (Å²) in [6.45, 7) is 1.86. The molecule has 0 heterocycles. The van der Waals surface area contributed by atoms with Gasteiger partial charge in [-0.15, -0.1) is 0 Å². The average Bonchev–Trinajstić information content (AvgIpc) is 2.42. The van der Waals surface area contributed by atoms with Crippen molar-refractivity contribution in [3.05, 3.63) is 68.9 Å². The van der Waals surface area contributed by atoms with Crippen molar-refractivity contribution in [2.24, 2.45) is 0 Å². The molecule has 0 fully saturated rings. The number of hydrogen-bond acceptors (Lipinski definition) is 1. The Kier molecular flexibility index (Phi) is 4.78. The van der Waals surface area contributed by atoms with Crippen LogP contribution < -0.4 is 5.32 Å². The van der Waals surface area contributed by atoms with E-state index in [0.717, 1.165) is 5.56 Å². The van der Waals surface area contributed by atoms with Gasteiger partial charge in [0, 0.05) is 9.50 Å². The molecule has 0 aliphatic rings. The van der Waals surface area contributed by atoms with E-state index >= 15 is 0 Å². The molecule has 0 saturated carbocycles. The van der Waals surface area contributed by atoms with Gasteiger partial charge in [0.1, 0.15) is 5.82 Å². The smallest absolute Gasteiger partial charge is 0.253 e. The van der Waals surface area contributed by atoms with E-state index in [-0.39, 0.29) is 17.5 Å². The zero-order chi connectivity index (χ0) is 14.7. The maximum Gasteiger partial charge on any atom is 0.253 e. The minimum absolute atomic E-state index is 0.199. The zero-order valence-corrected chi connectivity index (χ0v) is 13.0. The minimum Gasteiger partial charge on any atom is -0.345 e. The fourth-order valence-corrected chi connectivity index (χ4v) is 2.33. The molecule has 0 saturated heterocycles. The van der Waals surface area contributed by atoms with Crippen molar-refractivity contribution >= 4 is 33.4 Å². The van der Waals surface area contributed by atoms with Gasteiger partial charge in [-0.25, -0.2) is 4.39 Å². The standard InChI is InChI=1S/C15H12BrClFNO/c1-9(10-2-4-11(17)5-3-10)19-15(20)13-8-12(18)6-7-14(13)16/h2-9H,1H3,(H,19,20)/t9-/m1/s1. The Balaban J connectivity index is 2.15. The molecular formula is C15H12BrClFNO. The molecule has 2 aromatic rings. The van der Waals surface area contributed by atoms with Crippen molar-refractivity contribution in [2.45, 2.75) is 13.0 Å². The first-order valence-corrected chi connectivity index (χ1v) is 7.16. The average molecular weight is 357 g/mol. The molecule has 104 valence electrons. The van der Waals surface area contributed by atoms with Gasteiger partial charge in [-0.3, -0.25) is 4.79 Å². The van der Waals surface area contributed by atoms with Gasteiger partial charge in [-0.05, 0) is 58.7 Å². The van der Waals surface area contributed by atoms with E-state index in [1.807, 2.05) is 19.1 Å². The largest absolute Gasteiger partial charge is 0.345 e. The van der Waals surface area contributed by atoms with Crippen LogP contribution in [0.1, 0.15) is 28.9 Å². The molecule has 0 spiro atoms.